The van der Waals surface area contributed by atoms with Crippen LogP contribution in [0, 0.1) is 5.92 Å². The lowest BCUT2D eigenvalue weighted by atomic mass is 9.83. The van der Waals surface area contributed by atoms with Crippen molar-refractivity contribution in [1.29, 1.82) is 0 Å². The third-order valence-corrected chi connectivity index (χ3v) is 4.17. The maximum absolute atomic E-state index is 12.7. The molecule has 116 valence electrons. The van der Waals surface area contributed by atoms with Crippen LogP contribution in [0.1, 0.15) is 56.3 Å². The van der Waals surface area contributed by atoms with E-state index >= 15 is 0 Å². The van der Waals surface area contributed by atoms with E-state index in [1.165, 1.54) is 6.42 Å². The molecule has 0 radical (unpaired) electrons. The molecule has 0 unspecified atom stereocenters. The SMILES string of the molecule is CCOc1cc(OCC)c(C(=O)C2CCCCC2)cc1Cl. The summed E-state index contributed by atoms with van der Waals surface area (Å²) in [5, 5.41) is 0.472. The van der Waals surface area contributed by atoms with Crippen LogP contribution in [0.5, 0.6) is 11.5 Å². The topological polar surface area (TPSA) is 35.5 Å². The van der Waals surface area contributed by atoms with Crippen LogP contribution in [-0.2, 0) is 0 Å². The molecule has 4 heteroatoms. The van der Waals surface area contributed by atoms with E-state index in [1.807, 2.05) is 13.8 Å². The molecule has 21 heavy (non-hydrogen) atoms. The quantitative estimate of drug-likeness (QED) is 0.701. The Morgan fingerprint density at radius 3 is 2.33 bits per heavy atom. The van der Waals surface area contributed by atoms with Crippen molar-refractivity contribution in [3.8, 4) is 11.5 Å². The summed E-state index contributed by atoms with van der Waals surface area (Å²) in [6.45, 7) is 4.85. The maximum Gasteiger partial charge on any atom is 0.169 e. The van der Waals surface area contributed by atoms with Crippen molar-refractivity contribution in [2.45, 2.75) is 46.0 Å². The van der Waals surface area contributed by atoms with Gasteiger partial charge in [0.05, 0.1) is 23.8 Å². The summed E-state index contributed by atoms with van der Waals surface area (Å²) in [6, 6.07) is 3.44. The van der Waals surface area contributed by atoms with Gasteiger partial charge >= 0.3 is 0 Å². The lowest BCUT2D eigenvalue weighted by Crippen LogP contribution is -2.19. The normalized spacial score (nSPS) is 15.8. The van der Waals surface area contributed by atoms with Gasteiger partial charge in [0.1, 0.15) is 11.5 Å². The number of ether oxygens (including phenoxy) is 2. The molecule has 1 aromatic carbocycles. The minimum absolute atomic E-state index is 0.104. The Morgan fingerprint density at radius 1 is 1.10 bits per heavy atom. The van der Waals surface area contributed by atoms with Crippen LogP contribution in [0.3, 0.4) is 0 Å². The summed E-state index contributed by atoms with van der Waals surface area (Å²) >= 11 is 6.23. The zero-order chi connectivity index (χ0) is 15.2. The molecule has 0 spiro atoms. The van der Waals surface area contributed by atoms with Crippen LogP contribution in [0.25, 0.3) is 0 Å². The van der Waals surface area contributed by atoms with E-state index in [-0.39, 0.29) is 11.7 Å². The van der Waals surface area contributed by atoms with Crippen molar-refractivity contribution in [3.63, 3.8) is 0 Å². The molecular formula is C17H23ClO3. The van der Waals surface area contributed by atoms with Gasteiger partial charge in [-0.2, -0.15) is 0 Å². The Kier molecular flexibility index (Phi) is 5.92. The first-order valence-corrected chi connectivity index (χ1v) is 8.18. The number of hydrogen-bond acceptors (Lipinski definition) is 3. The first-order valence-electron chi connectivity index (χ1n) is 7.80. The van der Waals surface area contributed by atoms with Crippen LogP contribution in [0.2, 0.25) is 5.02 Å². The van der Waals surface area contributed by atoms with Crippen LogP contribution >= 0.6 is 11.6 Å². The van der Waals surface area contributed by atoms with Crippen LogP contribution in [0.15, 0.2) is 12.1 Å². The lowest BCUT2D eigenvalue weighted by molar-refractivity contribution is 0.0885. The number of hydrogen-bond donors (Lipinski definition) is 0. The van der Waals surface area contributed by atoms with E-state index in [1.54, 1.807) is 12.1 Å². The maximum atomic E-state index is 12.7. The number of ketones is 1. The molecule has 0 aromatic heterocycles. The van der Waals surface area contributed by atoms with Crippen molar-refractivity contribution < 1.29 is 14.3 Å². The Balaban J connectivity index is 2.31. The van der Waals surface area contributed by atoms with Crippen LogP contribution in [-0.4, -0.2) is 19.0 Å². The van der Waals surface area contributed by atoms with E-state index in [0.717, 1.165) is 25.7 Å². The first kappa shape index (κ1) is 16.2. The lowest BCUT2D eigenvalue weighted by Gasteiger charge is -2.22. The molecule has 2 rings (SSSR count). The molecule has 1 fully saturated rings. The molecule has 1 aliphatic carbocycles. The number of Topliss-reactive ketones (excluding diaryl/α,β-unsaturated/α-hetero) is 1. The largest absolute Gasteiger partial charge is 0.493 e. The summed E-state index contributed by atoms with van der Waals surface area (Å²) in [6.07, 6.45) is 5.42. The molecule has 0 atom stereocenters. The molecule has 1 aromatic rings. The monoisotopic (exact) mass is 310 g/mol. The Labute approximate surface area is 131 Å². The fourth-order valence-electron chi connectivity index (χ4n) is 2.85. The van der Waals surface area contributed by atoms with Gasteiger partial charge in [0, 0.05) is 12.0 Å². The first-order chi connectivity index (χ1) is 10.2. The number of benzene rings is 1. The van der Waals surface area contributed by atoms with Gasteiger partial charge in [-0.1, -0.05) is 30.9 Å². The predicted molar refractivity (Wildman–Crippen MR) is 84.7 cm³/mol. The number of carbonyl (C=O) groups is 1. The third-order valence-electron chi connectivity index (χ3n) is 3.88. The van der Waals surface area contributed by atoms with Gasteiger partial charge in [-0.15, -0.1) is 0 Å². The molecule has 0 aliphatic heterocycles. The molecule has 0 amide bonds. The van der Waals surface area contributed by atoms with Gasteiger partial charge in [-0.3, -0.25) is 4.79 Å². The van der Waals surface area contributed by atoms with E-state index in [4.69, 9.17) is 21.1 Å². The molecule has 1 saturated carbocycles. The van der Waals surface area contributed by atoms with Gasteiger partial charge in [0.2, 0.25) is 0 Å². The zero-order valence-corrected chi connectivity index (χ0v) is 13.5. The van der Waals surface area contributed by atoms with E-state index in [2.05, 4.69) is 0 Å². The highest BCUT2D eigenvalue weighted by molar-refractivity contribution is 6.32. The number of carbonyl (C=O) groups excluding carboxylic acids is 1. The second kappa shape index (κ2) is 7.69. The van der Waals surface area contributed by atoms with Crippen LogP contribution < -0.4 is 9.47 Å². The summed E-state index contributed by atoms with van der Waals surface area (Å²) < 4.78 is 11.1. The summed E-state index contributed by atoms with van der Waals surface area (Å²) in [7, 11) is 0. The standard InChI is InChI=1S/C17H23ClO3/c1-3-20-15-11-16(21-4-2)14(18)10-13(15)17(19)12-8-6-5-7-9-12/h10-12H,3-9H2,1-2H3. The second-order valence-corrected chi connectivity index (χ2v) is 5.75. The summed E-state index contributed by atoms with van der Waals surface area (Å²) in [4.78, 5) is 12.7. The molecule has 3 nitrogen and oxygen atoms in total. The fourth-order valence-corrected chi connectivity index (χ4v) is 3.07. The predicted octanol–water partition coefficient (Wildman–Crippen LogP) is 4.90. The Bertz CT molecular complexity index is 493. The minimum atomic E-state index is 0.104. The van der Waals surface area contributed by atoms with Crippen LogP contribution in [0.4, 0.5) is 0 Å². The number of halogens is 1. The molecular weight excluding hydrogens is 288 g/mol. The molecule has 0 bridgehead atoms. The van der Waals surface area contributed by atoms with Crippen molar-refractivity contribution in [3.05, 3.63) is 22.7 Å². The molecule has 0 heterocycles. The molecule has 1 aliphatic rings. The minimum Gasteiger partial charge on any atom is -0.493 e. The highest BCUT2D eigenvalue weighted by atomic mass is 35.5. The third kappa shape index (κ3) is 3.91. The Hall–Kier alpha value is -1.22. The summed E-state index contributed by atoms with van der Waals surface area (Å²) in [5.41, 5.74) is 0.595. The van der Waals surface area contributed by atoms with Crippen molar-refractivity contribution in [2.75, 3.05) is 13.2 Å². The molecule has 0 saturated heterocycles. The molecule has 0 N–H and O–H groups in total. The highest BCUT2D eigenvalue weighted by Crippen LogP contribution is 2.36. The van der Waals surface area contributed by atoms with E-state index < -0.39 is 0 Å². The average Bonchev–Trinajstić information content (AvgIpc) is 2.51. The second-order valence-electron chi connectivity index (χ2n) is 5.34. The van der Waals surface area contributed by atoms with E-state index in [9.17, 15) is 4.79 Å². The zero-order valence-electron chi connectivity index (χ0n) is 12.8. The van der Waals surface area contributed by atoms with Gasteiger partial charge in [-0.05, 0) is 32.8 Å². The van der Waals surface area contributed by atoms with Gasteiger partial charge in [0.15, 0.2) is 5.78 Å². The highest BCUT2D eigenvalue weighted by Gasteiger charge is 2.26. The van der Waals surface area contributed by atoms with Gasteiger partial charge in [0.25, 0.3) is 0 Å². The Morgan fingerprint density at radius 2 is 1.71 bits per heavy atom. The van der Waals surface area contributed by atoms with Crippen molar-refractivity contribution in [1.82, 2.24) is 0 Å². The van der Waals surface area contributed by atoms with Gasteiger partial charge < -0.3 is 9.47 Å². The smallest absolute Gasteiger partial charge is 0.169 e. The number of rotatable bonds is 6. The van der Waals surface area contributed by atoms with Crippen molar-refractivity contribution >= 4 is 17.4 Å². The average molecular weight is 311 g/mol. The summed E-state index contributed by atoms with van der Waals surface area (Å²) in [5.74, 6) is 1.42. The van der Waals surface area contributed by atoms with E-state index in [0.29, 0.717) is 35.3 Å². The van der Waals surface area contributed by atoms with Gasteiger partial charge in [-0.25, -0.2) is 0 Å². The fraction of sp³-hybridized carbons (Fsp3) is 0.588. The van der Waals surface area contributed by atoms with Crippen molar-refractivity contribution in [2.24, 2.45) is 5.92 Å².